The van der Waals surface area contributed by atoms with Gasteiger partial charge in [0.05, 0.1) is 10.6 Å². The molecule has 0 radical (unpaired) electrons. The summed E-state index contributed by atoms with van der Waals surface area (Å²) in [7, 11) is 0. The second-order valence-electron chi connectivity index (χ2n) is 6.94. The number of carbonyl (C=O) groups is 2. The number of benzene rings is 2. The molecule has 0 aliphatic carbocycles. The van der Waals surface area contributed by atoms with E-state index in [9.17, 15) is 9.59 Å². The highest BCUT2D eigenvalue weighted by Gasteiger charge is 2.35. The van der Waals surface area contributed by atoms with E-state index in [2.05, 4.69) is 29.2 Å². The van der Waals surface area contributed by atoms with Crippen LogP contribution in [-0.2, 0) is 16.1 Å². The predicted molar refractivity (Wildman–Crippen MR) is 126 cm³/mol. The molecule has 2 aliphatic heterocycles. The highest BCUT2D eigenvalue weighted by Crippen LogP contribution is 2.46. The number of anilines is 1. The van der Waals surface area contributed by atoms with Crippen LogP contribution in [0.1, 0.15) is 18.4 Å². The number of aliphatic carboxylic acids is 1. The van der Waals surface area contributed by atoms with E-state index >= 15 is 0 Å². The fourth-order valence-corrected chi connectivity index (χ4v) is 6.07. The van der Waals surface area contributed by atoms with Gasteiger partial charge in [0.2, 0.25) is 0 Å². The third-order valence-corrected chi connectivity index (χ3v) is 7.49. The molecule has 1 fully saturated rings. The summed E-state index contributed by atoms with van der Waals surface area (Å²) in [5.41, 5.74) is 2.36. The van der Waals surface area contributed by atoms with Gasteiger partial charge in [0, 0.05) is 24.4 Å². The molecule has 1 atom stereocenters. The van der Waals surface area contributed by atoms with Crippen LogP contribution in [0, 0.1) is 0 Å². The summed E-state index contributed by atoms with van der Waals surface area (Å²) in [6.45, 7) is 1.07. The van der Waals surface area contributed by atoms with Gasteiger partial charge < -0.3 is 10.0 Å². The van der Waals surface area contributed by atoms with E-state index in [1.54, 1.807) is 11.8 Å². The summed E-state index contributed by atoms with van der Waals surface area (Å²) in [6.07, 6.45) is 2.40. The summed E-state index contributed by atoms with van der Waals surface area (Å²) >= 11 is 8.39. The highest BCUT2D eigenvalue weighted by molar-refractivity contribution is 8.26. The van der Waals surface area contributed by atoms with Crippen molar-refractivity contribution < 1.29 is 14.7 Å². The molecule has 1 saturated heterocycles. The van der Waals surface area contributed by atoms with E-state index < -0.39 is 5.97 Å². The van der Waals surface area contributed by atoms with Crippen molar-refractivity contribution in [2.75, 3.05) is 11.4 Å². The molecule has 0 bridgehead atoms. The Hall–Kier alpha value is -2.29. The minimum atomic E-state index is -0.868. The Labute approximate surface area is 189 Å². The molecule has 5 nitrogen and oxygen atoms in total. The predicted octanol–water partition coefficient (Wildman–Crippen LogP) is 4.73. The zero-order chi connectivity index (χ0) is 21.1. The summed E-state index contributed by atoms with van der Waals surface area (Å²) in [4.78, 5) is 29.3. The third-order valence-electron chi connectivity index (χ3n) is 4.87. The van der Waals surface area contributed by atoms with Crippen molar-refractivity contribution in [3.8, 4) is 0 Å². The lowest BCUT2D eigenvalue weighted by Gasteiger charge is -2.25. The van der Waals surface area contributed by atoms with Crippen molar-refractivity contribution in [2.24, 2.45) is 0 Å². The molecule has 2 aromatic rings. The standard InChI is InChI=1S/C22H20N2O3S3/c25-20(26)11-6-12-23-21(27)18(30-22(23)28)13-19-24(14-15-7-2-1-3-8-15)16-9-4-5-10-17(16)29-19/h1-5,7-10,13,19H,6,11-12,14H2,(H,25,26)/b18-13-. The average molecular weight is 457 g/mol. The summed E-state index contributed by atoms with van der Waals surface area (Å²) in [5, 5.41) is 8.82. The number of nitrogens with zero attached hydrogens (tertiary/aromatic N) is 2. The quantitative estimate of drug-likeness (QED) is 0.477. The smallest absolute Gasteiger partial charge is 0.303 e. The summed E-state index contributed by atoms with van der Waals surface area (Å²) in [5.74, 6) is -1.00. The number of hydrogen-bond acceptors (Lipinski definition) is 6. The van der Waals surface area contributed by atoms with Crippen LogP contribution in [0.15, 0.2) is 70.5 Å². The fraction of sp³-hybridized carbons (Fsp3) is 0.227. The number of thioether (sulfide) groups is 2. The van der Waals surface area contributed by atoms with Crippen molar-refractivity contribution >= 4 is 57.6 Å². The lowest BCUT2D eigenvalue weighted by Crippen LogP contribution is -2.30. The molecule has 4 rings (SSSR count). The molecule has 2 heterocycles. The van der Waals surface area contributed by atoms with Crippen molar-refractivity contribution in [2.45, 2.75) is 29.7 Å². The van der Waals surface area contributed by atoms with Crippen molar-refractivity contribution in [1.82, 2.24) is 4.90 Å². The maximum Gasteiger partial charge on any atom is 0.303 e. The second-order valence-corrected chi connectivity index (χ2v) is 9.78. The number of fused-ring (bicyclic) bond motifs is 1. The number of carboxylic acids is 1. The normalized spacial score (nSPS) is 19.6. The molecule has 1 unspecified atom stereocenters. The Balaban J connectivity index is 1.55. The first kappa shape index (κ1) is 21.0. The minimum absolute atomic E-state index is 0.0178. The summed E-state index contributed by atoms with van der Waals surface area (Å²) < 4.78 is 0.492. The largest absolute Gasteiger partial charge is 0.481 e. The fourth-order valence-electron chi connectivity index (χ4n) is 3.43. The lowest BCUT2D eigenvalue weighted by atomic mass is 10.2. The molecule has 154 valence electrons. The van der Waals surface area contributed by atoms with Crippen LogP contribution in [0.3, 0.4) is 0 Å². The number of hydrogen-bond donors (Lipinski definition) is 1. The highest BCUT2D eigenvalue weighted by atomic mass is 32.2. The Bertz CT molecular complexity index is 1010. The van der Waals surface area contributed by atoms with Crippen LogP contribution in [0.2, 0.25) is 0 Å². The van der Waals surface area contributed by atoms with Gasteiger partial charge in [-0.1, -0.05) is 78.2 Å². The summed E-state index contributed by atoms with van der Waals surface area (Å²) in [6, 6.07) is 18.5. The van der Waals surface area contributed by atoms with E-state index in [0.717, 1.165) is 12.2 Å². The average Bonchev–Trinajstić information content (AvgIpc) is 3.20. The van der Waals surface area contributed by atoms with Crippen LogP contribution in [0.4, 0.5) is 5.69 Å². The monoisotopic (exact) mass is 456 g/mol. The maximum atomic E-state index is 12.9. The van der Waals surface area contributed by atoms with Crippen molar-refractivity contribution in [3.63, 3.8) is 0 Å². The third kappa shape index (κ3) is 4.55. The SMILES string of the molecule is O=C(O)CCCN1C(=O)/C(=C/C2Sc3ccccc3N2Cc2ccccc2)SC1=S. The molecule has 1 amide bonds. The first-order valence-corrected chi connectivity index (χ1v) is 11.7. The second kappa shape index (κ2) is 9.24. The van der Waals surface area contributed by atoms with Crippen LogP contribution < -0.4 is 4.90 Å². The molecule has 30 heavy (non-hydrogen) atoms. The first-order valence-electron chi connectivity index (χ1n) is 9.56. The Morgan fingerprint density at radius 1 is 1.13 bits per heavy atom. The molecule has 2 aromatic carbocycles. The first-order chi connectivity index (χ1) is 14.5. The molecule has 2 aliphatic rings. The topological polar surface area (TPSA) is 60.9 Å². The van der Waals surface area contributed by atoms with Gasteiger partial charge in [-0.3, -0.25) is 14.5 Å². The Morgan fingerprint density at radius 2 is 1.87 bits per heavy atom. The number of carbonyl (C=O) groups excluding carboxylic acids is 1. The maximum absolute atomic E-state index is 12.9. The van der Waals surface area contributed by atoms with Gasteiger partial charge in [-0.15, -0.1) is 0 Å². The van der Waals surface area contributed by atoms with Crippen molar-refractivity contribution in [3.05, 3.63) is 71.1 Å². The lowest BCUT2D eigenvalue weighted by molar-refractivity contribution is -0.137. The molecular weight excluding hydrogens is 436 g/mol. The zero-order valence-electron chi connectivity index (χ0n) is 16.1. The van der Waals surface area contributed by atoms with Crippen LogP contribution in [0.5, 0.6) is 0 Å². The van der Waals surface area contributed by atoms with Gasteiger partial charge >= 0.3 is 5.97 Å². The van der Waals surface area contributed by atoms with E-state index in [-0.39, 0.29) is 17.7 Å². The molecule has 8 heteroatoms. The van der Waals surface area contributed by atoms with E-state index in [1.165, 1.54) is 27.1 Å². The molecule has 0 saturated carbocycles. The van der Waals surface area contributed by atoms with Crippen molar-refractivity contribution in [1.29, 1.82) is 0 Å². The van der Waals surface area contributed by atoms with Gasteiger partial charge in [-0.05, 0) is 30.2 Å². The van der Waals surface area contributed by atoms with Gasteiger partial charge in [-0.2, -0.15) is 0 Å². The van der Waals surface area contributed by atoms with Gasteiger partial charge in [0.25, 0.3) is 5.91 Å². The zero-order valence-corrected chi connectivity index (χ0v) is 18.5. The van der Waals surface area contributed by atoms with Crippen LogP contribution in [-0.4, -0.2) is 38.1 Å². The number of thiocarbonyl (C=S) groups is 1. The van der Waals surface area contributed by atoms with E-state index in [1.807, 2.05) is 36.4 Å². The number of rotatable bonds is 7. The van der Waals surface area contributed by atoms with Gasteiger partial charge in [-0.25, -0.2) is 0 Å². The van der Waals surface area contributed by atoms with Crippen LogP contribution in [0.25, 0.3) is 0 Å². The molecule has 0 aromatic heterocycles. The molecule has 0 spiro atoms. The molecular formula is C22H20N2O3S3. The van der Waals surface area contributed by atoms with Crippen LogP contribution >= 0.6 is 35.7 Å². The van der Waals surface area contributed by atoms with E-state index in [4.69, 9.17) is 17.3 Å². The van der Waals surface area contributed by atoms with E-state index in [0.29, 0.717) is 22.2 Å². The Kier molecular flexibility index (Phi) is 6.46. The Morgan fingerprint density at radius 3 is 2.63 bits per heavy atom. The molecule has 1 N–H and O–H groups in total. The van der Waals surface area contributed by atoms with Gasteiger partial charge in [0.1, 0.15) is 9.69 Å². The van der Waals surface area contributed by atoms with Gasteiger partial charge in [0.15, 0.2) is 0 Å². The number of para-hydroxylation sites is 1. The minimum Gasteiger partial charge on any atom is -0.481 e. The number of amides is 1. The number of carboxylic acid groups (broad SMARTS) is 1.